The second-order valence-electron chi connectivity index (χ2n) is 12.7. The SMILES string of the molecule is CC(=O)C1=C(OCc2ccccc2)C(C(C)C)[C@@]2(C)C[C@@]3(C)Cc4c(C)ccc(O)c4C(=O)C3C(=O)[C@@]2(O)C1=O. The molecule has 0 bridgehead atoms. The molecule has 0 spiro atoms. The number of ketones is 4. The summed E-state index contributed by atoms with van der Waals surface area (Å²) >= 11 is 0. The van der Waals surface area contributed by atoms with E-state index in [1.807, 2.05) is 58.0 Å². The summed E-state index contributed by atoms with van der Waals surface area (Å²) in [7, 11) is 0. The van der Waals surface area contributed by atoms with Crippen LogP contribution in [-0.4, -0.2) is 38.9 Å². The lowest BCUT2D eigenvalue weighted by Crippen LogP contribution is -2.73. The number of ether oxygens (including phenoxy) is 1. The third kappa shape index (κ3) is 3.66. The van der Waals surface area contributed by atoms with Crippen LogP contribution in [0.15, 0.2) is 53.8 Å². The lowest BCUT2D eigenvalue weighted by molar-refractivity contribution is -0.196. The predicted molar refractivity (Wildman–Crippen MR) is 147 cm³/mol. The van der Waals surface area contributed by atoms with Gasteiger partial charge in [-0.15, -0.1) is 0 Å². The number of carbonyl (C=O) groups is 4. The fourth-order valence-electron chi connectivity index (χ4n) is 7.98. The van der Waals surface area contributed by atoms with E-state index in [4.69, 9.17) is 4.74 Å². The molecule has 5 atom stereocenters. The molecule has 5 rings (SSSR count). The average molecular weight is 545 g/mol. The van der Waals surface area contributed by atoms with Gasteiger partial charge in [0.2, 0.25) is 5.78 Å². The molecule has 40 heavy (non-hydrogen) atoms. The predicted octanol–water partition coefficient (Wildman–Crippen LogP) is 4.69. The van der Waals surface area contributed by atoms with E-state index >= 15 is 0 Å². The number of aromatic hydroxyl groups is 1. The van der Waals surface area contributed by atoms with Crippen molar-refractivity contribution in [3.05, 3.63) is 76.1 Å². The van der Waals surface area contributed by atoms with Crippen LogP contribution < -0.4 is 0 Å². The van der Waals surface area contributed by atoms with E-state index in [9.17, 15) is 29.4 Å². The minimum absolute atomic E-state index is 0.0703. The summed E-state index contributed by atoms with van der Waals surface area (Å²) in [5.41, 5.74) is -2.83. The van der Waals surface area contributed by atoms with Crippen molar-refractivity contribution in [3.63, 3.8) is 0 Å². The first-order valence-electron chi connectivity index (χ1n) is 13.8. The van der Waals surface area contributed by atoms with Gasteiger partial charge in [-0.1, -0.05) is 64.1 Å². The maximum Gasteiger partial charge on any atom is 0.209 e. The van der Waals surface area contributed by atoms with Crippen molar-refractivity contribution in [3.8, 4) is 5.75 Å². The second kappa shape index (κ2) is 9.23. The molecule has 0 aromatic heterocycles. The number of Topliss-reactive ketones (excluding diaryl/α,β-unsaturated/α-hetero) is 4. The Kier molecular flexibility index (Phi) is 6.45. The molecule has 0 heterocycles. The number of phenolic OH excluding ortho intramolecular Hbond substituents is 1. The van der Waals surface area contributed by atoms with Gasteiger partial charge in [-0.3, -0.25) is 19.2 Å². The molecule has 3 aliphatic carbocycles. The number of hydrogen-bond donors (Lipinski definition) is 2. The number of aliphatic hydroxyl groups is 1. The summed E-state index contributed by atoms with van der Waals surface area (Å²) in [4.78, 5) is 55.5. The molecule has 2 unspecified atom stereocenters. The molecule has 2 aromatic rings. The van der Waals surface area contributed by atoms with Gasteiger partial charge in [0, 0.05) is 11.3 Å². The molecular formula is C33H36O7. The van der Waals surface area contributed by atoms with Crippen molar-refractivity contribution in [1.82, 2.24) is 0 Å². The van der Waals surface area contributed by atoms with Crippen molar-refractivity contribution >= 4 is 23.1 Å². The summed E-state index contributed by atoms with van der Waals surface area (Å²) in [5.74, 6) is -5.40. The minimum atomic E-state index is -2.61. The van der Waals surface area contributed by atoms with Crippen LogP contribution in [0.2, 0.25) is 0 Å². The Hall–Kier alpha value is -3.58. The Morgan fingerprint density at radius 3 is 2.33 bits per heavy atom. The highest BCUT2D eigenvalue weighted by atomic mass is 16.5. The number of rotatable bonds is 5. The van der Waals surface area contributed by atoms with Crippen molar-refractivity contribution in [2.24, 2.45) is 28.6 Å². The highest BCUT2D eigenvalue weighted by molar-refractivity contribution is 6.33. The number of benzene rings is 2. The molecule has 210 valence electrons. The zero-order chi connectivity index (χ0) is 29.4. The Bertz CT molecular complexity index is 1490. The molecular weight excluding hydrogens is 508 g/mol. The molecule has 0 aliphatic heterocycles. The van der Waals surface area contributed by atoms with Crippen molar-refractivity contribution in [1.29, 1.82) is 0 Å². The summed E-state index contributed by atoms with van der Waals surface area (Å²) in [6.45, 7) is 10.6. The zero-order valence-corrected chi connectivity index (χ0v) is 23.8. The summed E-state index contributed by atoms with van der Waals surface area (Å²) < 4.78 is 6.28. The molecule has 7 heteroatoms. The number of allylic oxidation sites excluding steroid dienone is 1. The van der Waals surface area contributed by atoms with Crippen LogP contribution in [0.25, 0.3) is 0 Å². The van der Waals surface area contributed by atoms with Gasteiger partial charge in [-0.2, -0.15) is 0 Å². The second-order valence-corrected chi connectivity index (χ2v) is 12.7. The molecule has 1 saturated carbocycles. The number of hydrogen-bond acceptors (Lipinski definition) is 7. The first-order valence-corrected chi connectivity index (χ1v) is 13.8. The van der Waals surface area contributed by atoms with Gasteiger partial charge in [-0.05, 0) is 60.8 Å². The number of phenols is 1. The highest BCUT2D eigenvalue weighted by Crippen LogP contribution is 2.64. The van der Waals surface area contributed by atoms with E-state index < -0.39 is 51.4 Å². The van der Waals surface area contributed by atoms with E-state index in [-0.39, 0.29) is 41.6 Å². The third-order valence-corrected chi connectivity index (χ3v) is 9.55. The Morgan fingerprint density at radius 2 is 1.73 bits per heavy atom. The first kappa shape index (κ1) is 28.0. The van der Waals surface area contributed by atoms with Gasteiger partial charge in [0.1, 0.15) is 23.7 Å². The molecule has 3 aliphatic rings. The van der Waals surface area contributed by atoms with Crippen molar-refractivity contribution in [2.75, 3.05) is 0 Å². The standard InChI is InChI=1S/C33H36O7/c1-17(2)25-28(40-15-20-10-8-7-9-11-20)23(19(4)34)29(37)33(39)30(38)26-27(36)24-21(18(3)12-13-22(24)35)14-31(26,5)16-32(25,33)6/h7-13,17,25-26,35,39H,14-16H2,1-6H3/t25?,26?,31-,32-,33+/m1/s1. The summed E-state index contributed by atoms with van der Waals surface area (Å²) in [5, 5.41) is 22.9. The minimum Gasteiger partial charge on any atom is -0.507 e. The Balaban J connectivity index is 1.71. The maximum absolute atomic E-state index is 14.4. The number of carbonyl (C=O) groups excluding carboxylic acids is 4. The molecule has 0 radical (unpaired) electrons. The van der Waals surface area contributed by atoms with E-state index in [1.165, 1.54) is 13.0 Å². The molecule has 7 nitrogen and oxygen atoms in total. The molecule has 0 saturated heterocycles. The van der Waals surface area contributed by atoms with Gasteiger partial charge in [0.15, 0.2) is 23.0 Å². The van der Waals surface area contributed by atoms with Crippen LogP contribution in [0.3, 0.4) is 0 Å². The molecule has 1 fully saturated rings. The summed E-state index contributed by atoms with van der Waals surface area (Å²) in [6, 6.07) is 12.5. The Labute approximate surface area is 234 Å². The van der Waals surface area contributed by atoms with Crippen LogP contribution in [0.1, 0.15) is 68.1 Å². The summed E-state index contributed by atoms with van der Waals surface area (Å²) in [6.07, 6.45) is 0.476. The van der Waals surface area contributed by atoms with E-state index in [0.29, 0.717) is 12.0 Å². The van der Waals surface area contributed by atoms with E-state index in [0.717, 1.165) is 11.1 Å². The number of fused-ring (bicyclic) bond motifs is 3. The van der Waals surface area contributed by atoms with Gasteiger partial charge < -0.3 is 14.9 Å². The van der Waals surface area contributed by atoms with Crippen LogP contribution >= 0.6 is 0 Å². The normalized spacial score (nSPS) is 31.6. The van der Waals surface area contributed by atoms with Crippen LogP contribution in [0, 0.1) is 35.5 Å². The highest BCUT2D eigenvalue weighted by Gasteiger charge is 2.74. The van der Waals surface area contributed by atoms with Crippen molar-refractivity contribution < 1.29 is 34.1 Å². The van der Waals surface area contributed by atoms with E-state index in [2.05, 4.69) is 0 Å². The van der Waals surface area contributed by atoms with Crippen molar-refractivity contribution in [2.45, 2.75) is 66.6 Å². The van der Waals surface area contributed by atoms with Crippen LogP contribution in [0.4, 0.5) is 0 Å². The lowest BCUT2D eigenvalue weighted by Gasteiger charge is -2.61. The van der Waals surface area contributed by atoms with Gasteiger partial charge in [0.05, 0.1) is 11.5 Å². The third-order valence-electron chi connectivity index (χ3n) is 9.55. The first-order chi connectivity index (χ1) is 18.7. The van der Waals surface area contributed by atoms with Gasteiger partial charge in [0.25, 0.3) is 0 Å². The number of aryl methyl sites for hydroxylation is 1. The fraction of sp³-hybridized carbons (Fsp3) is 0.455. The average Bonchev–Trinajstić information content (AvgIpc) is 2.87. The van der Waals surface area contributed by atoms with Gasteiger partial charge in [-0.25, -0.2) is 0 Å². The largest absolute Gasteiger partial charge is 0.507 e. The Morgan fingerprint density at radius 1 is 1.07 bits per heavy atom. The van der Waals surface area contributed by atoms with Crippen LogP contribution in [-0.2, 0) is 32.1 Å². The maximum atomic E-state index is 14.4. The molecule has 2 N–H and O–H groups in total. The molecule has 0 amide bonds. The molecule has 2 aromatic carbocycles. The zero-order valence-electron chi connectivity index (χ0n) is 23.8. The van der Waals surface area contributed by atoms with Gasteiger partial charge >= 0.3 is 0 Å². The monoisotopic (exact) mass is 544 g/mol. The topological polar surface area (TPSA) is 118 Å². The fourth-order valence-corrected chi connectivity index (χ4v) is 7.98. The lowest BCUT2D eigenvalue weighted by atomic mass is 9.41. The van der Waals surface area contributed by atoms with E-state index in [1.54, 1.807) is 13.0 Å². The smallest absolute Gasteiger partial charge is 0.209 e. The quantitative estimate of drug-likeness (QED) is 0.414. The van der Waals surface area contributed by atoms with Crippen LogP contribution in [0.5, 0.6) is 5.75 Å².